The van der Waals surface area contributed by atoms with E-state index in [4.69, 9.17) is 14.6 Å². The molecule has 1 N–H and O–H groups in total. The van der Waals surface area contributed by atoms with Crippen LogP contribution in [0.5, 0.6) is 5.75 Å². The van der Waals surface area contributed by atoms with E-state index < -0.39 is 0 Å². The van der Waals surface area contributed by atoms with Crippen LogP contribution >= 0.6 is 0 Å². The molecule has 7 heteroatoms. The van der Waals surface area contributed by atoms with Gasteiger partial charge in [0, 0.05) is 51.0 Å². The second-order valence-electron chi connectivity index (χ2n) is 8.39. The Hall–Kier alpha value is -3.26. The Morgan fingerprint density at radius 1 is 0.941 bits per heavy atom. The molecule has 4 rings (SSSR count). The lowest BCUT2D eigenvalue weighted by Crippen LogP contribution is -2.46. The smallest absolute Gasteiger partial charge is 0.337 e. The van der Waals surface area contributed by atoms with Crippen molar-refractivity contribution in [3.63, 3.8) is 0 Å². The minimum absolute atomic E-state index is 0.232. The molecule has 0 spiro atoms. The predicted molar refractivity (Wildman–Crippen MR) is 131 cm³/mol. The number of pyridine rings is 1. The van der Waals surface area contributed by atoms with Crippen molar-refractivity contribution < 1.29 is 19.4 Å². The van der Waals surface area contributed by atoms with Gasteiger partial charge in [-0.25, -0.2) is 4.79 Å². The maximum atomic E-state index is 11.7. The van der Waals surface area contributed by atoms with E-state index in [0.29, 0.717) is 17.9 Å². The van der Waals surface area contributed by atoms with Gasteiger partial charge in [-0.05, 0) is 47.5 Å². The maximum Gasteiger partial charge on any atom is 0.337 e. The molecule has 1 aliphatic heterocycles. The molecule has 2 aromatic carbocycles. The number of carbonyl (C=O) groups is 1. The summed E-state index contributed by atoms with van der Waals surface area (Å²) in [4.78, 5) is 20.9. The van der Waals surface area contributed by atoms with Crippen molar-refractivity contribution >= 4 is 5.97 Å². The van der Waals surface area contributed by atoms with Crippen molar-refractivity contribution in [2.24, 2.45) is 0 Å². The van der Waals surface area contributed by atoms with E-state index in [1.165, 1.54) is 12.7 Å². The summed E-state index contributed by atoms with van der Waals surface area (Å²) in [6.07, 6.45) is 1.60. The van der Waals surface area contributed by atoms with Crippen molar-refractivity contribution in [2.75, 3.05) is 46.4 Å². The number of nitrogens with zero attached hydrogens (tertiary/aromatic N) is 3. The van der Waals surface area contributed by atoms with Gasteiger partial charge in [0.1, 0.15) is 12.4 Å². The molecule has 1 aromatic heterocycles. The first-order chi connectivity index (χ1) is 16.6. The number of methoxy groups -OCH3 is 1. The highest BCUT2D eigenvalue weighted by Gasteiger charge is 2.16. The van der Waals surface area contributed by atoms with Gasteiger partial charge < -0.3 is 14.6 Å². The van der Waals surface area contributed by atoms with Crippen molar-refractivity contribution in [2.45, 2.75) is 13.2 Å². The molecule has 0 aliphatic carbocycles. The molecule has 0 saturated carbocycles. The highest BCUT2D eigenvalue weighted by molar-refractivity contribution is 5.90. The zero-order valence-electron chi connectivity index (χ0n) is 19.5. The average molecular weight is 462 g/mol. The molecule has 0 bridgehead atoms. The third-order valence-corrected chi connectivity index (χ3v) is 6.05. The number of aromatic nitrogens is 1. The first kappa shape index (κ1) is 23.9. The topological polar surface area (TPSA) is 75.1 Å². The number of rotatable bonds is 9. The normalized spacial score (nSPS) is 14.6. The molecule has 34 heavy (non-hydrogen) atoms. The highest BCUT2D eigenvalue weighted by atomic mass is 16.5. The van der Waals surface area contributed by atoms with Gasteiger partial charge in [0.2, 0.25) is 0 Å². The van der Waals surface area contributed by atoms with Gasteiger partial charge in [-0.2, -0.15) is 0 Å². The SMILES string of the molecule is COC(=O)c1ccnc(-c2ccc(OCc3ccc(CN4CCN(CCO)CC4)cc3)cc2)c1. The molecular weight excluding hydrogens is 430 g/mol. The van der Waals surface area contributed by atoms with Crippen LogP contribution in [0.15, 0.2) is 66.9 Å². The van der Waals surface area contributed by atoms with Crippen molar-refractivity contribution in [1.29, 1.82) is 0 Å². The van der Waals surface area contributed by atoms with Crippen LogP contribution < -0.4 is 4.74 Å². The lowest BCUT2D eigenvalue weighted by Gasteiger charge is -2.34. The van der Waals surface area contributed by atoms with Gasteiger partial charge in [0.05, 0.1) is 25.0 Å². The Bertz CT molecular complexity index is 1060. The summed E-state index contributed by atoms with van der Waals surface area (Å²) >= 11 is 0. The molecule has 178 valence electrons. The van der Waals surface area contributed by atoms with Crippen LogP contribution in [-0.2, 0) is 17.9 Å². The van der Waals surface area contributed by atoms with Gasteiger partial charge in [0.25, 0.3) is 0 Å². The molecule has 0 amide bonds. The molecule has 2 heterocycles. The number of β-amino-alcohol motifs (C(OH)–C–C–N with tert-alkyl or cyclic N) is 1. The molecule has 0 unspecified atom stereocenters. The summed E-state index contributed by atoms with van der Waals surface area (Å²) < 4.78 is 10.7. The number of aliphatic hydroxyl groups is 1. The summed E-state index contributed by atoms with van der Waals surface area (Å²) in [7, 11) is 1.37. The van der Waals surface area contributed by atoms with E-state index >= 15 is 0 Å². The van der Waals surface area contributed by atoms with Crippen LogP contribution in [0.1, 0.15) is 21.5 Å². The van der Waals surface area contributed by atoms with Gasteiger partial charge in [0.15, 0.2) is 0 Å². The standard InChI is InChI=1S/C27H31N3O4/c1-33-27(32)24-10-11-28-26(18-24)23-6-8-25(9-7-23)34-20-22-4-2-21(3-5-22)19-30-14-12-29(13-15-30)16-17-31/h2-11,18,31H,12-17,19-20H2,1H3. The minimum atomic E-state index is -0.379. The van der Waals surface area contributed by atoms with Crippen LogP contribution in [0.25, 0.3) is 11.3 Å². The van der Waals surface area contributed by atoms with Crippen molar-refractivity contribution in [3.8, 4) is 17.0 Å². The van der Waals surface area contributed by atoms with Crippen LogP contribution in [-0.4, -0.2) is 72.3 Å². The van der Waals surface area contributed by atoms with Crippen LogP contribution in [0.2, 0.25) is 0 Å². The third-order valence-electron chi connectivity index (χ3n) is 6.05. The fourth-order valence-electron chi connectivity index (χ4n) is 4.03. The Morgan fingerprint density at radius 2 is 1.62 bits per heavy atom. The zero-order valence-corrected chi connectivity index (χ0v) is 19.5. The zero-order chi connectivity index (χ0) is 23.8. The fraction of sp³-hybridized carbons (Fsp3) is 0.333. The quantitative estimate of drug-likeness (QED) is 0.491. The maximum absolute atomic E-state index is 11.7. The second kappa shape index (κ2) is 11.7. The third kappa shape index (κ3) is 6.41. The molecule has 1 fully saturated rings. The van der Waals surface area contributed by atoms with E-state index in [1.807, 2.05) is 24.3 Å². The lowest BCUT2D eigenvalue weighted by atomic mass is 10.1. The summed E-state index contributed by atoms with van der Waals surface area (Å²) in [5.41, 5.74) is 4.50. The number of benzene rings is 2. The van der Waals surface area contributed by atoms with E-state index in [1.54, 1.807) is 18.3 Å². The largest absolute Gasteiger partial charge is 0.489 e. The molecule has 0 atom stereocenters. The average Bonchev–Trinajstić information content (AvgIpc) is 2.89. The molecule has 7 nitrogen and oxygen atoms in total. The highest BCUT2D eigenvalue weighted by Crippen LogP contribution is 2.22. The van der Waals surface area contributed by atoms with E-state index in [-0.39, 0.29) is 12.6 Å². The molecule has 1 aliphatic rings. The van der Waals surface area contributed by atoms with Crippen molar-refractivity contribution in [3.05, 3.63) is 83.6 Å². The Balaban J connectivity index is 1.27. The number of esters is 1. The van der Waals surface area contributed by atoms with Crippen LogP contribution in [0.3, 0.4) is 0 Å². The van der Waals surface area contributed by atoms with E-state index in [0.717, 1.165) is 56.1 Å². The Labute approximate surface area is 200 Å². The molecule has 1 saturated heterocycles. The lowest BCUT2D eigenvalue weighted by molar-refractivity contribution is 0.0600. The predicted octanol–water partition coefficient (Wildman–Crippen LogP) is 3.22. The number of hydrogen-bond donors (Lipinski definition) is 1. The first-order valence-corrected chi connectivity index (χ1v) is 11.6. The number of ether oxygens (including phenoxy) is 2. The fourth-order valence-corrected chi connectivity index (χ4v) is 4.03. The molecule has 0 radical (unpaired) electrons. The number of hydrogen-bond acceptors (Lipinski definition) is 7. The van der Waals surface area contributed by atoms with E-state index in [2.05, 4.69) is 39.0 Å². The number of piperazine rings is 1. The van der Waals surface area contributed by atoms with Crippen LogP contribution in [0.4, 0.5) is 0 Å². The second-order valence-corrected chi connectivity index (χ2v) is 8.39. The minimum Gasteiger partial charge on any atom is -0.489 e. The Kier molecular flexibility index (Phi) is 8.25. The van der Waals surface area contributed by atoms with E-state index in [9.17, 15) is 4.79 Å². The summed E-state index contributed by atoms with van der Waals surface area (Å²) in [5, 5.41) is 9.07. The summed E-state index contributed by atoms with van der Waals surface area (Å²) in [6.45, 7) is 6.53. The summed E-state index contributed by atoms with van der Waals surface area (Å²) in [5.74, 6) is 0.396. The number of aliphatic hydroxyl groups excluding tert-OH is 1. The molecular formula is C27H31N3O4. The number of carbonyl (C=O) groups excluding carboxylic acids is 1. The van der Waals surface area contributed by atoms with Gasteiger partial charge in [-0.1, -0.05) is 24.3 Å². The van der Waals surface area contributed by atoms with Gasteiger partial charge >= 0.3 is 5.97 Å². The summed E-state index contributed by atoms with van der Waals surface area (Å²) in [6, 6.07) is 19.6. The monoisotopic (exact) mass is 461 g/mol. The van der Waals surface area contributed by atoms with Gasteiger partial charge in [-0.3, -0.25) is 14.8 Å². The van der Waals surface area contributed by atoms with Crippen molar-refractivity contribution in [1.82, 2.24) is 14.8 Å². The van der Waals surface area contributed by atoms with Gasteiger partial charge in [-0.15, -0.1) is 0 Å². The van der Waals surface area contributed by atoms with Crippen LogP contribution in [0, 0.1) is 0 Å². The molecule has 3 aromatic rings. The first-order valence-electron chi connectivity index (χ1n) is 11.6. The Morgan fingerprint density at radius 3 is 2.29 bits per heavy atom.